The molecule has 0 atom stereocenters. The third kappa shape index (κ3) is 5.77. The minimum absolute atomic E-state index is 0.227. The van der Waals surface area contributed by atoms with Gasteiger partial charge < -0.3 is 10.1 Å². The van der Waals surface area contributed by atoms with Crippen LogP contribution >= 0.6 is 23.1 Å². The Morgan fingerprint density at radius 3 is 2.86 bits per heavy atom. The Morgan fingerprint density at radius 2 is 2.07 bits per heavy atom. The average molecular weight is 419 g/mol. The maximum atomic E-state index is 13.5. The first kappa shape index (κ1) is 20.3. The molecule has 1 aromatic heterocycles. The fourth-order valence-corrected chi connectivity index (χ4v) is 4.45. The number of para-hydroxylation sites is 1. The summed E-state index contributed by atoms with van der Waals surface area (Å²) in [5.41, 5.74) is 1.80. The molecule has 0 spiro atoms. The molecule has 146 valence electrons. The normalized spacial score (nSPS) is 10.8. The summed E-state index contributed by atoms with van der Waals surface area (Å²) < 4.78 is 20.5. The number of hydrogen-bond acceptors (Lipinski definition) is 6. The van der Waals surface area contributed by atoms with Crippen molar-refractivity contribution in [2.75, 3.05) is 17.7 Å². The fourth-order valence-electron chi connectivity index (χ4n) is 2.37. The SMILES string of the molecule is Cc1ccc(NC(=O)COC(=O)CCCSc2nc3ccccc3s2)cc1F. The molecule has 0 unspecified atom stereocenters. The van der Waals surface area contributed by atoms with E-state index < -0.39 is 17.7 Å². The van der Waals surface area contributed by atoms with E-state index in [-0.39, 0.29) is 13.0 Å². The summed E-state index contributed by atoms with van der Waals surface area (Å²) in [7, 11) is 0. The van der Waals surface area contributed by atoms with Crippen LogP contribution in [0.1, 0.15) is 18.4 Å². The van der Waals surface area contributed by atoms with Gasteiger partial charge in [-0.2, -0.15) is 0 Å². The summed E-state index contributed by atoms with van der Waals surface area (Å²) in [6.45, 7) is 1.25. The molecular formula is C20H19FN2O3S2. The van der Waals surface area contributed by atoms with Gasteiger partial charge in [0.25, 0.3) is 5.91 Å². The second kappa shape index (κ2) is 9.66. The first-order valence-electron chi connectivity index (χ1n) is 8.71. The Morgan fingerprint density at radius 1 is 1.25 bits per heavy atom. The Bertz CT molecular complexity index is 957. The zero-order valence-corrected chi connectivity index (χ0v) is 16.9. The number of halogens is 1. The van der Waals surface area contributed by atoms with Crippen molar-refractivity contribution in [3.63, 3.8) is 0 Å². The summed E-state index contributed by atoms with van der Waals surface area (Å²) >= 11 is 3.23. The topological polar surface area (TPSA) is 68.3 Å². The summed E-state index contributed by atoms with van der Waals surface area (Å²) in [5, 5.41) is 2.50. The summed E-state index contributed by atoms with van der Waals surface area (Å²) in [6.07, 6.45) is 0.856. The largest absolute Gasteiger partial charge is 0.456 e. The van der Waals surface area contributed by atoms with Crippen molar-refractivity contribution in [2.45, 2.75) is 24.1 Å². The van der Waals surface area contributed by atoms with E-state index in [4.69, 9.17) is 4.74 Å². The second-order valence-corrected chi connectivity index (χ2v) is 8.45. The van der Waals surface area contributed by atoms with Crippen molar-refractivity contribution in [3.8, 4) is 0 Å². The number of nitrogens with zero attached hydrogens (tertiary/aromatic N) is 1. The van der Waals surface area contributed by atoms with E-state index in [0.717, 1.165) is 20.3 Å². The van der Waals surface area contributed by atoms with E-state index in [1.807, 2.05) is 24.3 Å². The number of rotatable bonds is 8. The Labute approximate surface area is 170 Å². The van der Waals surface area contributed by atoms with Crippen LogP contribution < -0.4 is 5.32 Å². The predicted octanol–water partition coefficient (Wildman–Crippen LogP) is 4.80. The quantitative estimate of drug-likeness (QED) is 0.323. The number of nitrogens with one attached hydrogen (secondary N) is 1. The molecule has 28 heavy (non-hydrogen) atoms. The first-order chi connectivity index (χ1) is 13.5. The number of aromatic nitrogens is 1. The molecule has 0 saturated heterocycles. The van der Waals surface area contributed by atoms with Gasteiger partial charge in [0.1, 0.15) is 5.82 Å². The Balaban J connectivity index is 1.33. The molecule has 0 saturated carbocycles. The molecule has 1 N–H and O–H groups in total. The molecule has 0 aliphatic heterocycles. The van der Waals surface area contributed by atoms with Crippen molar-refractivity contribution in [2.24, 2.45) is 0 Å². The third-order valence-corrected chi connectivity index (χ3v) is 6.11. The molecule has 3 aromatic rings. The molecule has 0 bridgehead atoms. The number of thioether (sulfide) groups is 1. The van der Waals surface area contributed by atoms with Crippen LogP contribution in [0, 0.1) is 12.7 Å². The molecule has 0 aliphatic rings. The van der Waals surface area contributed by atoms with Gasteiger partial charge in [-0.05, 0) is 43.2 Å². The lowest BCUT2D eigenvalue weighted by atomic mass is 10.2. The van der Waals surface area contributed by atoms with E-state index in [1.165, 1.54) is 6.07 Å². The van der Waals surface area contributed by atoms with Gasteiger partial charge in [0, 0.05) is 17.9 Å². The van der Waals surface area contributed by atoms with E-state index in [9.17, 15) is 14.0 Å². The van der Waals surface area contributed by atoms with Gasteiger partial charge in [-0.25, -0.2) is 9.37 Å². The van der Waals surface area contributed by atoms with Crippen LogP contribution in [0.15, 0.2) is 46.8 Å². The van der Waals surface area contributed by atoms with Crippen LogP contribution in [0.2, 0.25) is 0 Å². The molecular weight excluding hydrogens is 399 g/mol. The molecule has 1 heterocycles. The highest BCUT2D eigenvalue weighted by Gasteiger charge is 2.10. The van der Waals surface area contributed by atoms with Crippen LogP contribution in [0.3, 0.4) is 0 Å². The molecule has 5 nitrogen and oxygen atoms in total. The van der Waals surface area contributed by atoms with E-state index in [2.05, 4.69) is 10.3 Å². The van der Waals surface area contributed by atoms with Crippen LogP contribution in [0.4, 0.5) is 10.1 Å². The average Bonchev–Trinajstić information content (AvgIpc) is 3.09. The van der Waals surface area contributed by atoms with Crippen molar-refractivity contribution in [1.82, 2.24) is 4.98 Å². The van der Waals surface area contributed by atoms with Crippen molar-refractivity contribution < 1.29 is 18.7 Å². The van der Waals surface area contributed by atoms with Crippen LogP contribution in [0.25, 0.3) is 10.2 Å². The first-order valence-corrected chi connectivity index (χ1v) is 10.5. The Hall–Kier alpha value is -2.45. The minimum atomic E-state index is -0.500. The van der Waals surface area contributed by atoms with Crippen molar-refractivity contribution in [3.05, 3.63) is 53.8 Å². The number of carbonyl (C=O) groups excluding carboxylic acids is 2. The number of carbonyl (C=O) groups is 2. The zero-order valence-electron chi connectivity index (χ0n) is 15.2. The Kier molecular flexibility index (Phi) is 7.00. The smallest absolute Gasteiger partial charge is 0.306 e. The van der Waals surface area contributed by atoms with E-state index >= 15 is 0 Å². The van der Waals surface area contributed by atoms with Gasteiger partial charge in [0.05, 0.1) is 10.2 Å². The number of aryl methyl sites for hydroxylation is 1. The third-order valence-electron chi connectivity index (χ3n) is 3.84. The van der Waals surface area contributed by atoms with Gasteiger partial charge >= 0.3 is 5.97 Å². The van der Waals surface area contributed by atoms with Gasteiger partial charge in [-0.3, -0.25) is 9.59 Å². The highest BCUT2D eigenvalue weighted by molar-refractivity contribution is 8.01. The lowest BCUT2D eigenvalue weighted by Gasteiger charge is -2.07. The molecule has 0 radical (unpaired) electrons. The number of anilines is 1. The highest BCUT2D eigenvalue weighted by atomic mass is 32.2. The molecule has 0 fully saturated rings. The maximum Gasteiger partial charge on any atom is 0.306 e. The lowest BCUT2D eigenvalue weighted by molar-refractivity contribution is -0.147. The second-order valence-electron chi connectivity index (χ2n) is 6.07. The molecule has 3 rings (SSSR count). The van der Waals surface area contributed by atoms with Crippen molar-refractivity contribution >= 4 is 50.9 Å². The van der Waals surface area contributed by atoms with Gasteiger partial charge in [-0.15, -0.1) is 11.3 Å². The van der Waals surface area contributed by atoms with Gasteiger partial charge in [0.2, 0.25) is 0 Å². The standard InChI is InChI=1S/C20H19FN2O3S2/c1-13-8-9-14(11-15(13)21)22-18(24)12-26-19(25)7-4-10-27-20-23-16-5-2-3-6-17(16)28-20/h2-3,5-6,8-9,11H,4,7,10,12H2,1H3,(H,22,24). The minimum Gasteiger partial charge on any atom is -0.456 e. The summed E-state index contributed by atoms with van der Waals surface area (Å²) in [5.74, 6) is -0.597. The molecule has 1 amide bonds. The van der Waals surface area contributed by atoms with Crippen LogP contribution in [-0.4, -0.2) is 29.2 Å². The molecule has 2 aromatic carbocycles. The molecule has 8 heteroatoms. The highest BCUT2D eigenvalue weighted by Crippen LogP contribution is 2.29. The van der Waals surface area contributed by atoms with E-state index in [1.54, 1.807) is 42.2 Å². The zero-order chi connectivity index (χ0) is 19.9. The number of thiazole rings is 1. The molecule has 0 aliphatic carbocycles. The van der Waals surface area contributed by atoms with E-state index in [0.29, 0.717) is 17.7 Å². The number of amides is 1. The predicted molar refractivity (Wildman–Crippen MR) is 110 cm³/mol. The maximum absolute atomic E-state index is 13.5. The fraction of sp³-hybridized carbons (Fsp3) is 0.250. The van der Waals surface area contributed by atoms with Crippen LogP contribution in [0.5, 0.6) is 0 Å². The number of benzene rings is 2. The number of fused-ring (bicyclic) bond motifs is 1. The number of ether oxygens (including phenoxy) is 1. The van der Waals surface area contributed by atoms with Gasteiger partial charge in [-0.1, -0.05) is 30.0 Å². The summed E-state index contributed by atoms with van der Waals surface area (Å²) in [6, 6.07) is 12.3. The number of hydrogen-bond donors (Lipinski definition) is 1. The van der Waals surface area contributed by atoms with Crippen molar-refractivity contribution in [1.29, 1.82) is 0 Å². The number of esters is 1. The van der Waals surface area contributed by atoms with Crippen LogP contribution in [-0.2, 0) is 14.3 Å². The monoisotopic (exact) mass is 418 g/mol. The summed E-state index contributed by atoms with van der Waals surface area (Å²) in [4.78, 5) is 28.1. The van der Waals surface area contributed by atoms with Gasteiger partial charge in [0.15, 0.2) is 10.9 Å². The lowest BCUT2D eigenvalue weighted by Crippen LogP contribution is -2.21.